The quantitative estimate of drug-likeness (QED) is 0.490. The second-order valence-corrected chi connectivity index (χ2v) is 8.43. The third-order valence-electron chi connectivity index (χ3n) is 6.35. The number of anilines is 2. The van der Waals surface area contributed by atoms with Crippen LogP contribution in [0.3, 0.4) is 0 Å². The summed E-state index contributed by atoms with van der Waals surface area (Å²) in [5, 5.41) is 11.5. The first-order chi connectivity index (χ1) is 15.9. The van der Waals surface area contributed by atoms with Crippen LogP contribution in [-0.2, 0) is 9.53 Å². The second-order valence-electron chi connectivity index (χ2n) is 8.43. The molecule has 0 saturated carbocycles. The molecule has 0 bridgehead atoms. The molecular formula is C24H30N4O5. The topological polar surface area (TPSA) is 88.4 Å². The highest BCUT2D eigenvalue weighted by molar-refractivity contribution is 5.78. The van der Waals surface area contributed by atoms with Crippen molar-refractivity contribution in [3.63, 3.8) is 0 Å². The summed E-state index contributed by atoms with van der Waals surface area (Å²) in [7, 11) is 0. The van der Waals surface area contributed by atoms with Crippen molar-refractivity contribution < 1.29 is 19.2 Å². The average Bonchev–Trinajstić information content (AvgIpc) is 2.84. The smallest absolute Gasteiger partial charge is 0.292 e. The summed E-state index contributed by atoms with van der Waals surface area (Å²) in [6.07, 6.45) is 0. The van der Waals surface area contributed by atoms with Gasteiger partial charge < -0.3 is 24.2 Å². The summed E-state index contributed by atoms with van der Waals surface area (Å²) in [5.74, 6) is 0.664. The number of hydrogen-bond donors (Lipinski definition) is 0. The monoisotopic (exact) mass is 454 g/mol. The third-order valence-corrected chi connectivity index (χ3v) is 6.35. The van der Waals surface area contributed by atoms with Crippen LogP contribution in [-0.4, -0.2) is 74.8 Å². The van der Waals surface area contributed by atoms with Crippen LogP contribution in [0.25, 0.3) is 0 Å². The molecule has 0 spiro atoms. The molecule has 2 aromatic carbocycles. The summed E-state index contributed by atoms with van der Waals surface area (Å²) in [6, 6.07) is 11.1. The lowest BCUT2D eigenvalue weighted by atomic mass is 10.1. The molecule has 4 rings (SSSR count). The fourth-order valence-corrected chi connectivity index (χ4v) is 4.17. The SMILES string of the molecule is Cc1ccc(OCC(=O)N2CCN(c3ccc([N+](=O)[O-])c(N4CCOCC4)c3)CC2)cc1C. The highest BCUT2D eigenvalue weighted by Gasteiger charge is 2.26. The molecule has 176 valence electrons. The first-order valence-corrected chi connectivity index (χ1v) is 11.3. The van der Waals surface area contributed by atoms with E-state index in [0.29, 0.717) is 63.9 Å². The van der Waals surface area contributed by atoms with Gasteiger partial charge in [0.1, 0.15) is 11.4 Å². The van der Waals surface area contributed by atoms with E-state index in [1.54, 1.807) is 12.1 Å². The van der Waals surface area contributed by atoms with Crippen LogP contribution in [0.1, 0.15) is 11.1 Å². The maximum atomic E-state index is 12.6. The molecule has 0 aromatic heterocycles. The van der Waals surface area contributed by atoms with Gasteiger partial charge in [-0.15, -0.1) is 0 Å². The molecule has 9 heteroatoms. The van der Waals surface area contributed by atoms with E-state index >= 15 is 0 Å². The van der Waals surface area contributed by atoms with Gasteiger partial charge >= 0.3 is 0 Å². The van der Waals surface area contributed by atoms with Gasteiger partial charge in [-0.3, -0.25) is 14.9 Å². The maximum Gasteiger partial charge on any atom is 0.292 e. The molecule has 2 saturated heterocycles. The first-order valence-electron chi connectivity index (χ1n) is 11.3. The standard InChI is InChI=1S/C24H30N4O5/c1-18-3-5-21(15-19(18)2)33-17-24(29)27-9-7-25(8-10-27)20-4-6-22(28(30)31)23(16-20)26-11-13-32-14-12-26/h3-6,15-16H,7-14,17H2,1-2H3. The number of aryl methyl sites for hydroxylation is 2. The van der Waals surface area contributed by atoms with Crippen molar-refractivity contribution >= 4 is 23.0 Å². The summed E-state index contributed by atoms with van der Waals surface area (Å²) >= 11 is 0. The predicted molar refractivity (Wildman–Crippen MR) is 126 cm³/mol. The van der Waals surface area contributed by atoms with Gasteiger partial charge in [0.25, 0.3) is 11.6 Å². The fourth-order valence-electron chi connectivity index (χ4n) is 4.17. The number of rotatable bonds is 6. The van der Waals surface area contributed by atoms with E-state index in [4.69, 9.17) is 9.47 Å². The highest BCUT2D eigenvalue weighted by atomic mass is 16.6. The molecule has 1 amide bonds. The van der Waals surface area contributed by atoms with Crippen LogP contribution in [0.5, 0.6) is 5.75 Å². The van der Waals surface area contributed by atoms with Crippen molar-refractivity contribution in [2.24, 2.45) is 0 Å². The van der Waals surface area contributed by atoms with E-state index in [0.717, 1.165) is 11.3 Å². The van der Waals surface area contributed by atoms with Gasteiger partial charge in [0, 0.05) is 51.0 Å². The zero-order valence-corrected chi connectivity index (χ0v) is 19.2. The molecule has 2 aromatic rings. The van der Waals surface area contributed by atoms with Crippen LogP contribution in [0.4, 0.5) is 17.1 Å². The summed E-state index contributed by atoms with van der Waals surface area (Å²) < 4.78 is 11.1. The number of amides is 1. The van der Waals surface area contributed by atoms with Crippen LogP contribution >= 0.6 is 0 Å². The van der Waals surface area contributed by atoms with Gasteiger partial charge in [0.05, 0.1) is 18.1 Å². The summed E-state index contributed by atoms with van der Waals surface area (Å²) in [6.45, 7) is 8.95. The lowest BCUT2D eigenvalue weighted by molar-refractivity contribution is -0.384. The van der Waals surface area contributed by atoms with Crippen molar-refractivity contribution in [3.8, 4) is 5.75 Å². The largest absolute Gasteiger partial charge is 0.484 e. The fraction of sp³-hybridized carbons (Fsp3) is 0.458. The number of benzene rings is 2. The highest BCUT2D eigenvalue weighted by Crippen LogP contribution is 2.33. The number of piperazine rings is 1. The van der Waals surface area contributed by atoms with Gasteiger partial charge in [0.2, 0.25) is 0 Å². The van der Waals surface area contributed by atoms with E-state index in [-0.39, 0.29) is 23.1 Å². The first kappa shape index (κ1) is 22.8. The lowest BCUT2D eigenvalue weighted by Gasteiger charge is -2.36. The Morgan fingerprint density at radius 2 is 1.70 bits per heavy atom. The molecular weight excluding hydrogens is 424 g/mol. The van der Waals surface area contributed by atoms with Crippen molar-refractivity contribution in [2.75, 3.05) is 68.9 Å². The van der Waals surface area contributed by atoms with E-state index in [9.17, 15) is 14.9 Å². The molecule has 0 N–H and O–H groups in total. The lowest BCUT2D eigenvalue weighted by Crippen LogP contribution is -2.50. The molecule has 33 heavy (non-hydrogen) atoms. The van der Waals surface area contributed by atoms with Crippen molar-refractivity contribution in [1.29, 1.82) is 0 Å². The minimum Gasteiger partial charge on any atom is -0.484 e. The van der Waals surface area contributed by atoms with Crippen LogP contribution in [0.2, 0.25) is 0 Å². The van der Waals surface area contributed by atoms with Crippen molar-refractivity contribution in [3.05, 3.63) is 57.6 Å². The summed E-state index contributed by atoms with van der Waals surface area (Å²) in [5.41, 5.74) is 3.99. The van der Waals surface area contributed by atoms with E-state index < -0.39 is 0 Å². The summed E-state index contributed by atoms with van der Waals surface area (Å²) in [4.78, 5) is 29.8. The Balaban J connectivity index is 1.36. The zero-order valence-electron chi connectivity index (χ0n) is 19.2. The van der Waals surface area contributed by atoms with Gasteiger partial charge in [-0.05, 0) is 49.2 Å². The Labute approximate surface area is 193 Å². The minimum atomic E-state index is -0.333. The maximum absolute atomic E-state index is 12.6. The molecule has 0 aliphatic carbocycles. The number of morpholine rings is 1. The number of nitrogens with zero attached hydrogens (tertiary/aromatic N) is 4. The van der Waals surface area contributed by atoms with Crippen LogP contribution in [0.15, 0.2) is 36.4 Å². The number of carbonyl (C=O) groups excluding carboxylic acids is 1. The van der Waals surface area contributed by atoms with E-state index in [1.807, 2.05) is 47.9 Å². The Bertz CT molecular complexity index is 1010. The second kappa shape index (κ2) is 10.1. The van der Waals surface area contributed by atoms with E-state index in [2.05, 4.69) is 4.90 Å². The number of nitro benzene ring substituents is 1. The van der Waals surface area contributed by atoms with Gasteiger partial charge in [-0.1, -0.05) is 6.07 Å². The molecule has 2 aliphatic heterocycles. The Morgan fingerprint density at radius 3 is 2.36 bits per heavy atom. The van der Waals surface area contributed by atoms with Crippen molar-refractivity contribution in [2.45, 2.75) is 13.8 Å². The van der Waals surface area contributed by atoms with E-state index in [1.165, 1.54) is 5.56 Å². The number of carbonyl (C=O) groups is 1. The number of nitro groups is 1. The molecule has 9 nitrogen and oxygen atoms in total. The molecule has 0 atom stereocenters. The Hall–Kier alpha value is -3.33. The molecule has 2 fully saturated rings. The minimum absolute atomic E-state index is 0.0151. The molecule has 2 heterocycles. The normalized spacial score (nSPS) is 16.6. The Kier molecular flexibility index (Phi) is 6.98. The number of ether oxygens (including phenoxy) is 2. The average molecular weight is 455 g/mol. The van der Waals surface area contributed by atoms with Crippen LogP contribution in [0, 0.1) is 24.0 Å². The zero-order chi connectivity index (χ0) is 23.4. The predicted octanol–water partition coefficient (Wildman–Crippen LogP) is 2.78. The molecule has 0 unspecified atom stereocenters. The Morgan fingerprint density at radius 1 is 0.970 bits per heavy atom. The van der Waals surface area contributed by atoms with Gasteiger partial charge in [0.15, 0.2) is 6.61 Å². The number of hydrogen-bond acceptors (Lipinski definition) is 7. The van der Waals surface area contributed by atoms with Gasteiger partial charge in [-0.2, -0.15) is 0 Å². The van der Waals surface area contributed by atoms with Gasteiger partial charge in [-0.25, -0.2) is 0 Å². The third kappa shape index (κ3) is 5.36. The molecule has 0 radical (unpaired) electrons. The molecule has 2 aliphatic rings. The van der Waals surface area contributed by atoms with Crippen molar-refractivity contribution in [1.82, 2.24) is 4.90 Å². The van der Waals surface area contributed by atoms with Crippen LogP contribution < -0.4 is 14.5 Å².